The lowest BCUT2D eigenvalue weighted by molar-refractivity contribution is -0.0494. The Bertz CT molecular complexity index is 1270. The monoisotopic (exact) mass is 501 g/mol. The third kappa shape index (κ3) is 4.01. The average molecular weight is 502 g/mol. The molecule has 3 fully saturated rings. The summed E-state index contributed by atoms with van der Waals surface area (Å²) in [6.07, 6.45) is 6.21. The summed E-state index contributed by atoms with van der Waals surface area (Å²) < 4.78 is 30.5. The standard InChI is InChI=1S/C24H29F2N7O3/c25-21(26)20-18(10-33(30-20)15-3-1-14(11-34)2-4-15)28-23(36)17-9-27-32-6-5-19(29-22(17)32)31-12-24(13-31)7-16(35)8-24/h5-6,9-10,14-16,21,34-35H,1-4,7-8,11-13H2,(H,28,36). The molecule has 3 aromatic heterocycles. The molecule has 0 radical (unpaired) electrons. The van der Waals surface area contributed by atoms with Gasteiger partial charge in [-0.3, -0.25) is 9.48 Å². The number of carbonyl (C=O) groups excluding carboxylic acids is 1. The molecule has 3 aliphatic rings. The number of nitrogens with one attached hydrogen (secondary N) is 1. The predicted molar refractivity (Wildman–Crippen MR) is 126 cm³/mol. The van der Waals surface area contributed by atoms with Crippen molar-refractivity contribution in [3.63, 3.8) is 0 Å². The number of anilines is 2. The lowest BCUT2D eigenvalue weighted by Gasteiger charge is -2.58. The van der Waals surface area contributed by atoms with E-state index in [0.29, 0.717) is 11.5 Å². The molecule has 36 heavy (non-hydrogen) atoms. The lowest BCUT2D eigenvalue weighted by Crippen LogP contribution is -2.64. The van der Waals surface area contributed by atoms with Crippen LogP contribution in [-0.2, 0) is 0 Å². The highest BCUT2D eigenvalue weighted by Gasteiger charge is 2.52. The minimum atomic E-state index is -2.84. The molecule has 0 unspecified atom stereocenters. The summed E-state index contributed by atoms with van der Waals surface area (Å²) in [5.74, 6) is 0.367. The highest BCUT2D eigenvalue weighted by atomic mass is 19.3. The summed E-state index contributed by atoms with van der Waals surface area (Å²) in [7, 11) is 0. The van der Waals surface area contributed by atoms with E-state index in [1.165, 1.54) is 21.6 Å². The molecule has 10 nitrogen and oxygen atoms in total. The van der Waals surface area contributed by atoms with E-state index >= 15 is 0 Å². The third-order valence-corrected chi connectivity index (χ3v) is 7.98. The maximum atomic E-state index is 13.8. The summed E-state index contributed by atoms with van der Waals surface area (Å²) in [5, 5.41) is 29.9. The van der Waals surface area contributed by atoms with Gasteiger partial charge in [-0.2, -0.15) is 10.2 Å². The Morgan fingerprint density at radius 3 is 2.64 bits per heavy atom. The Hall–Kier alpha value is -3.12. The van der Waals surface area contributed by atoms with Gasteiger partial charge in [-0.05, 0) is 50.5 Å². The number of rotatable bonds is 6. The van der Waals surface area contributed by atoms with E-state index in [9.17, 15) is 23.8 Å². The first-order valence-corrected chi connectivity index (χ1v) is 12.4. The van der Waals surface area contributed by atoms with E-state index in [1.807, 2.05) is 6.07 Å². The van der Waals surface area contributed by atoms with Crippen LogP contribution in [0.5, 0.6) is 0 Å². The molecule has 1 saturated heterocycles. The topological polar surface area (TPSA) is 121 Å². The number of carbonyl (C=O) groups is 1. The molecule has 2 saturated carbocycles. The maximum absolute atomic E-state index is 13.8. The molecule has 3 N–H and O–H groups in total. The highest BCUT2D eigenvalue weighted by Crippen LogP contribution is 2.49. The van der Waals surface area contributed by atoms with Crippen molar-refractivity contribution in [2.45, 2.75) is 57.1 Å². The van der Waals surface area contributed by atoms with Crippen LogP contribution in [0.3, 0.4) is 0 Å². The van der Waals surface area contributed by atoms with Crippen LogP contribution in [0.4, 0.5) is 20.3 Å². The number of halogens is 2. The Kier molecular flexibility index (Phi) is 5.67. The van der Waals surface area contributed by atoms with Gasteiger partial charge in [0.1, 0.15) is 11.4 Å². The van der Waals surface area contributed by atoms with Crippen LogP contribution < -0.4 is 10.2 Å². The molecule has 6 rings (SSSR count). The van der Waals surface area contributed by atoms with Gasteiger partial charge in [0.25, 0.3) is 12.3 Å². The van der Waals surface area contributed by atoms with E-state index in [1.54, 1.807) is 6.20 Å². The summed E-state index contributed by atoms with van der Waals surface area (Å²) in [5.41, 5.74) is 0.196. The Balaban J connectivity index is 1.20. The van der Waals surface area contributed by atoms with Crippen LogP contribution in [0.25, 0.3) is 5.65 Å². The second-order valence-electron chi connectivity index (χ2n) is 10.6. The molecular formula is C24H29F2N7O3. The zero-order valence-corrected chi connectivity index (χ0v) is 19.7. The number of hydrogen-bond donors (Lipinski definition) is 3. The van der Waals surface area contributed by atoms with Crippen LogP contribution in [0.15, 0.2) is 24.7 Å². The quantitative estimate of drug-likeness (QED) is 0.475. The van der Waals surface area contributed by atoms with E-state index in [4.69, 9.17) is 0 Å². The molecule has 1 spiro atoms. The van der Waals surface area contributed by atoms with Crippen LogP contribution in [0, 0.1) is 11.3 Å². The van der Waals surface area contributed by atoms with Crippen LogP contribution in [-0.4, -0.2) is 66.3 Å². The molecule has 12 heteroatoms. The fraction of sp³-hybridized carbons (Fsp3) is 0.583. The van der Waals surface area contributed by atoms with Crippen molar-refractivity contribution < 1.29 is 23.8 Å². The number of aromatic nitrogens is 5. The van der Waals surface area contributed by atoms with Gasteiger partial charge < -0.3 is 20.4 Å². The molecular weight excluding hydrogens is 472 g/mol. The van der Waals surface area contributed by atoms with Crippen molar-refractivity contribution in [2.75, 3.05) is 29.9 Å². The third-order valence-electron chi connectivity index (χ3n) is 7.98. The normalized spacial score (nSPS) is 23.8. The number of hydrogen-bond acceptors (Lipinski definition) is 7. The summed E-state index contributed by atoms with van der Waals surface area (Å²) in [4.78, 5) is 19.9. The van der Waals surface area contributed by atoms with Crippen molar-refractivity contribution in [1.29, 1.82) is 0 Å². The van der Waals surface area contributed by atoms with Gasteiger partial charge in [0.2, 0.25) is 0 Å². The largest absolute Gasteiger partial charge is 0.396 e. The maximum Gasteiger partial charge on any atom is 0.284 e. The smallest absolute Gasteiger partial charge is 0.284 e. The Morgan fingerprint density at radius 2 is 1.97 bits per heavy atom. The Labute approximate surface area is 205 Å². The number of aliphatic hydroxyl groups is 2. The second-order valence-corrected chi connectivity index (χ2v) is 10.6. The fourth-order valence-corrected chi connectivity index (χ4v) is 5.95. The van der Waals surface area contributed by atoms with E-state index in [2.05, 4.69) is 25.4 Å². The molecule has 0 bridgehead atoms. The first-order chi connectivity index (χ1) is 17.3. The summed E-state index contributed by atoms with van der Waals surface area (Å²) in [6.45, 7) is 1.74. The van der Waals surface area contributed by atoms with Crippen molar-refractivity contribution >= 4 is 23.1 Å². The van der Waals surface area contributed by atoms with Gasteiger partial charge in [0.05, 0.1) is 24.0 Å². The number of amides is 1. The van der Waals surface area contributed by atoms with Crippen molar-refractivity contribution in [3.8, 4) is 0 Å². The zero-order chi connectivity index (χ0) is 25.0. The van der Waals surface area contributed by atoms with Crippen molar-refractivity contribution in [3.05, 3.63) is 35.9 Å². The summed E-state index contributed by atoms with van der Waals surface area (Å²) in [6, 6.07) is 1.78. The highest BCUT2D eigenvalue weighted by molar-refractivity contribution is 6.08. The molecule has 0 aromatic carbocycles. The minimum Gasteiger partial charge on any atom is -0.396 e. The van der Waals surface area contributed by atoms with Crippen LogP contribution in [0.1, 0.15) is 67.0 Å². The average Bonchev–Trinajstić information content (AvgIpc) is 3.44. The molecule has 1 aliphatic heterocycles. The first-order valence-electron chi connectivity index (χ1n) is 12.4. The first kappa shape index (κ1) is 23.3. The van der Waals surface area contributed by atoms with Gasteiger partial charge in [-0.1, -0.05) is 0 Å². The van der Waals surface area contributed by atoms with Gasteiger partial charge in [-0.25, -0.2) is 18.3 Å². The molecule has 1 amide bonds. The molecule has 3 aromatic rings. The SMILES string of the molecule is O=C(Nc1cn(C2CCC(CO)CC2)nc1C(F)F)c1cnn2ccc(N3CC4(CC(O)C4)C3)nc12. The van der Waals surface area contributed by atoms with Crippen molar-refractivity contribution in [2.24, 2.45) is 11.3 Å². The van der Waals surface area contributed by atoms with E-state index < -0.39 is 18.0 Å². The number of fused-ring (bicyclic) bond motifs is 1. The number of alkyl halides is 2. The van der Waals surface area contributed by atoms with Gasteiger partial charge in [-0.15, -0.1) is 0 Å². The van der Waals surface area contributed by atoms with Crippen molar-refractivity contribution in [1.82, 2.24) is 24.4 Å². The molecule has 0 atom stereocenters. The zero-order valence-electron chi connectivity index (χ0n) is 19.7. The predicted octanol–water partition coefficient (Wildman–Crippen LogP) is 2.80. The molecule has 2 aliphatic carbocycles. The van der Waals surface area contributed by atoms with Crippen LogP contribution in [0.2, 0.25) is 0 Å². The molecule has 4 heterocycles. The minimum absolute atomic E-state index is 0.0250. The fourth-order valence-electron chi connectivity index (χ4n) is 5.95. The van der Waals surface area contributed by atoms with Gasteiger partial charge in [0.15, 0.2) is 11.3 Å². The van der Waals surface area contributed by atoms with Gasteiger partial charge >= 0.3 is 0 Å². The second kappa shape index (κ2) is 8.77. The Morgan fingerprint density at radius 1 is 1.22 bits per heavy atom. The number of aliphatic hydroxyl groups excluding tert-OH is 2. The van der Waals surface area contributed by atoms with E-state index in [0.717, 1.165) is 51.6 Å². The van der Waals surface area contributed by atoms with E-state index in [-0.39, 0.29) is 41.3 Å². The summed E-state index contributed by atoms with van der Waals surface area (Å²) >= 11 is 0. The number of nitrogens with zero attached hydrogens (tertiary/aromatic N) is 6. The molecule has 192 valence electrons. The van der Waals surface area contributed by atoms with Crippen LogP contribution >= 0.6 is 0 Å². The lowest BCUT2D eigenvalue weighted by atomic mass is 9.62. The van der Waals surface area contributed by atoms with Gasteiger partial charge in [0, 0.05) is 37.5 Å².